The highest BCUT2D eigenvalue weighted by Crippen LogP contribution is 2.17. The number of ether oxygens (including phenoxy) is 2. The Bertz CT molecular complexity index is 434. The number of rotatable bonds is 7. The van der Waals surface area contributed by atoms with Gasteiger partial charge in [0.2, 0.25) is 0 Å². The van der Waals surface area contributed by atoms with E-state index in [2.05, 4.69) is 10.6 Å². The summed E-state index contributed by atoms with van der Waals surface area (Å²) < 4.78 is 10.8. The molecule has 1 atom stereocenters. The summed E-state index contributed by atoms with van der Waals surface area (Å²) in [5.41, 5.74) is 1.18. The number of nitrogens with one attached hydrogen (secondary N) is 2. The molecule has 5 nitrogen and oxygen atoms in total. The Labute approximate surface area is 126 Å². The minimum absolute atomic E-state index is 0.00203. The van der Waals surface area contributed by atoms with Gasteiger partial charge < -0.3 is 20.1 Å². The van der Waals surface area contributed by atoms with Crippen LogP contribution in [0.1, 0.15) is 24.8 Å². The maximum atomic E-state index is 11.8. The van der Waals surface area contributed by atoms with Crippen molar-refractivity contribution in [3.05, 3.63) is 29.8 Å². The van der Waals surface area contributed by atoms with Crippen molar-refractivity contribution in [2.24, 2.45) is 0 Å². The van der Waals surface area contributed by atoms with Crippen LogP contribution in [0.2, 0.25) is 0 Å². The molecule has 1 aliphatic heterocycles. The molecule has 1 aliphatic rings. The molecule has 1 unspecified atom stereocenters. The monoisotopic (exact) mass is 292 g/mol. The number of amides is 1. The van der Waals surface area contributed by atoms with E-state index < -0.39 is 0 Å². The van der Waals surface area contributed by atoms with Gasteiger partial charge in [-0.05, 0) is 37.0 Å². The number of hydrogen-bond donors (Lipinski definition) is 2. The summed E-state index contributed by atoms with van der Waals surface area (Å²) in [5.74, 6) is 0.746. The van der Waals surface area contributed by atoms with Crippen molar-refractivity contribution in [3.8, 4) is 5.75 Å². The van der Waals surface area contributed by atoms with Gasteiger partial charge >= 0.3 is 0 Å². The molecule has 116 valence electrons. The van der Waals surface area contributed by atoms with Crippen molar-refractivity contribution in [2.45, 2.75) is 31.9 Å². The van der Waals surface area contributed by atoms with Crippen molar-refractivity contribution in [1.29, 1.82) is 0 Å². The highest BCUT2D eigenvalue weighted by atomic mass is 16.5. The zero-order chi connectivity index (χ0) is 14.9. The molecule has 0 aromatic heterocycles. The van der Waals surface area contributed by atoms with Gasteiger partial charge in [-0.1, -0.05) is 12.1 Å². The second-order valence-corrected chi connectivity index (χ2v) is 5.21. The average molecular weight is 292 g/mol. The van der Waals surface area contributed by atoms with Crippen molar-refractivity contribution in [2.75, 3.05) is 26.8 Å². The number of hydrogen-bond acceptors (Lipinski definition) is 4. The van der Waals surface area contributed by atoms with Gasteiger partial charge in [-0.15, -0.1) is 0 Å². The van der Waals surface area contributed by atoms with E-state index in [-0.39, 0.29) is 12.0 Å². The van der Waals surface area contributed by atoms with Crippen LogP contribution in [0.25, 0.3) is 0 Å². The summed E-state index contributed by atoms with van der Waals surface area (Å²) in [6, 6.07) is 7.88. The Morgan fingerprint density at radius 1 is 1.29 bits per heavy atom. The Kier molecular flexibility index (Phi) is 6.50. The van der Waals surface area contributed by atoms with Gasteiger partial charge in [-0.25, -0.2) is 0 Å². The maximum absolute atomic E-state index is 11.8. The fraction of sp³-hybridized carbons (Fsp3) is 0.562. The Hall–Kier alpha value is -1.59. The van der Waals surface area contributed by atoms with Crippen LogP contribution in [0, 0.1) is 0 Å². The van der Waals surface area contributed by atoms with Crippen LogP contribution in [0.4, 0.5) is 0 Å². The first-order valence-electron chi connectivity index (χ1n) is 7.52. The fourth-order valence-electron chi connectivity index (χ4n) is 2.28. The van der Waals surface area contributed by atoms with Crippen molar-refractivity contribution in [3.63, 3.8) is 0 Å². The van der Waals surface area contributed by atoms with E-state index >= 15 is 0 Å². The third-order valence-electron chi connectivity index (χ3n) is 3.50. The lowest BCUT2D eigenvalue weighted by Crippen LogP contribution is -2.36. The zero-order valence-electron chi connectivity index (χ0n) is 12.6. The first-order chi connectivity index (χ1) is 10.3. The SMILES string of the molecule is COCCNCc1ccc(OC2CCCCNC2=O)cc1. The molecule has 1 saturated heterocycles. The van der Waals surface area contributed by atoms with Gasteiger partial charge in [0.15, 0.2) is 6.10 Å². The molecular formula is C16H24N2O3. The average Bonchev–Trinajstić information content (AvgIpc) is 2.70. The Morgan fingerprint density at radius 2 is 2.10 bits per heavy atom. The van der Waals surface area contributed by atoms with Crippen molar-refractivity contribution >= 4 is 5.91 Å². The van der Waals surface area contributed by atoms with E-state index in [1.165, 1.54) is 5.56 Å². The van der Waals surface area contributed by atoms with Gasteiger partial charge in [0.25, 0.3) is 5.91 Å². The summed E-state index contributed by atoms with van der Waals surface area (Å²) in [6.07, 6.45) is 2.47. The topological polar surface area (TPSA) is 59.6 Å². The van der Waals surface area contributed by atoms with Crippen molar-refractivity contribution < 1.29 is 14.3 Å². The van der Waals surface area contributed by atoms with Gasteiger partial charge in [0.1, 0.15) is 5.75 Å². The third kappa shape index (κ3) is 5.36. The molecule has 2 N–H and O–H groups in total. The predicted molar refractivity (Wildman–Crippen MR) is 81.3 cm³/mol. The lowest BCUT2D eigenvalue weighted by molar-refractivity contribution is -0.127. The van der Waals surface area contributed by atoms with Crippen LogP contribution in [0.15, 0.2) is 24.3 Å². The molecule has 0 aliphatic carbocycles. The standard InChI is InChI=1S/C16H24N2O3/c1-20-11-10-17-12-13-5-7-14(8-6-13)21-15-4-2-3-9-18-16(15)19/h5-8,15,17H,2-4,9-12H2,1H3,(H,18,19). The highest BCUT2D eigenvalue weighted by molar-refractivity contribution is 5.81. The van der Waals surface area contributed by atoms with Crippen LogP contribution in [-0.4, -0.2) is 38.8 Å². The van der Waals surface area contributed by atoms with E-state index in [1.807, 2.05) is 24.3 Å². The molecule has 2 rings (SSSR count). The van der Waals surface area contributed by atoms with E-state index in [4.69, 9.17) is 9.47 Å². The quantitative estimate of drug-likeness (QED) is 0.747. The van der Waals surface area contributed by atoms with Crippen LogP contribution in [-0.2, 0) is 16.1 Å². The van der Waals surface area contributed by atoms with E-state index in [1.54, 1.807) is 7.11 Å². The predicted octanol–water partition coefficient (Wildman–Crippen LogP) is 1.47. The smallest absolute Gasteiger partial charge is 0.261 e. The molecule has 0 spiro atoms. The Morgan fingerprint density at radius 3 is 2.86 bits per heavy atom. The first kappa shape index (κ1) is 15.8. The summed E-state index contributed by atoms with van der Waals surface area (Å²) >= 11 is 0. The summed E-state index contributed by atoms with van der Waals surface area (Å²) in [4.78, 5) is 11.8. The lowest BCUT2D eigenvalue weighted by Gasteiger charge is -2.16. The molecule has 1 aromatic carbocycles. The van der Waals surface area contributed by atoms with Gasteiger partial charge in [-0.2, -0.15) is 0 Å². The number of methoxy groups -OCH3 is 1. The molecule has 1 fully saturated rings. The van der Waals surface area contributed by atoms with Gasteiger partial charge in [0, 0.05) is 26.7 Å². The van der Waals surface area contributed by atoms with Gasteiger partial charge in [0.05, 0.1) is 6.61 Å². The van der Waals surface area contributed by atoms with E-state index in [9.17, 15) is 4.79 Å². The molecule has 1 aromatic rings. The van der Waals surface area contributed by atoms with E-state index in [0.717, 1.165) is 44.6 Å². The molecule has 21 heavy (non-hydrogen) atoms. The van der Waals surface area contributed by atoms with Crippen molar-refractivity contribution in [1.82, 2.24) is 10.6 Å². The van der Waals surface area contributed by atoms with Crippen LogP contribution in [0.3, 0.4) is 0 Å². The lowest BCUT2D eigenvalue weighted by atomic mass is 10.1. The summed E-state index contributed by atoms with van der Waals surface area (Å²) in [6.45, 7) is 3.09. The molecule has 0 radical (unpaired) electrons. The van der Waals surface area contributed by atoms with Crippen LogP contribution < -0.4 is 15.4 Å². The molecule has 5 heteroatoms. The minimum atomic E-state index is -0.363. The Balaban J connectivity index is 1.82. The summed E-state index contributed by atoms with van der Waals surface area (Å²) in [5, 5.41) is 6.17. The minimum Gasteiger partial charge on any atom is -0.481 e. The number of carbonyl (C=O) groups is 1. The zero-order valence-corrected chi connectivity index (χ0v) is 12.6. The van der Waals surface area contributed by atoms with Gasteiger partial charge in [-0.3, -0.25) is 4.79 Å². The number of benzene rings is 1. The second-order valence-electron chi connectivity index (χ2n) is 5.21. The first-order valence-corrected chi connectivity index (χ1v) is 7.52. The van der Waals surface area contributed by atoms with Crippen LogP contribution in [0.5, 0.6) is 5.75 Å². The fourth-order valence-corrected chi connectivity index (χ4v) is 2.28. The molecule has 0 saturated carbocycles. The summed E-state index contributed by atoms with van der Waals surface area (Å²) in [7, 11) is 1.69. The maximum Gasteiger partial charge on any atom is 0.261 e. The molecule has 0 bridgehead atoms. The molecule has 1 heterocycles. The molecular weight excluding hydrogens is 268 g/mol. The second kappa shape index (κ2) is 8.64. The highest BCUT2D eigenvalue weighted by Gasteiger charge is 2.22. The molecule has 1 amide bonds. The van der Waals surface area contributed by atoms with Crippen LogP contribution >= 0.6 is 0 Å². The number of carbonyl (C=O) groups excluding carboxylic acids is 1. The normalized spacial score (nSPS) is 18.9. The van der Waals surface area contributed by atoms with E-state index in [0.29, 0.717) is 6.61 Å². The third-order valence-corrected chi connectivity index (χ3v) is 3.50. The largest absolute Gasteiger partial charge is 0.481 e.